The van der Waals surface area contributed by atoms with E-state index < -0.39 is 23.9 Å². The van der Waals surface area contributed by atoms with E-state index in [-0.39, 0.29) is 22.2 Å². The second-order valence-corrected chi connectivity index (χ2v) is 7.96. The van der Waals surface area contributed by atoms with Crippen LogP contribution in [-0.4, -0.2) is 35.6 Å². The molecule has 1 fully saturated rings. The number of thiocarbonyl (C=S) groups is 1. The number of amides is 2. The summed E-state index contributed by atoms with van der Waals surface area (Å²) in [6.07, 6.45) is 0.211. The number of carboxylic acid groups (broad SMARTS) is 1. The molecule has 3 rings (SSSR count). The summed E-state index contributed by atoms with van der Waals surface area (Å²) in [6.45, 7) is 3.39. The standard InChI is InChI=1S/C22H19BrN2O6S/c1-3-30-18-10-13(7-8-17(18)31-12(2)21(28)29)9-16-19(26)24-22(32)25(20(16)27)15-6-4-5-14(23)11-15/h4-12H,3H2,1-2H3,(H,28,29)(H,24,26,32)/p-1/b16-9-/t12-/m0/s1. The van der Waals surface area contributed by atoms with Gasteiger partial charge in [0.2, 0.25) is 0 Å². The molecule has 1 N–H and O–H groups in total. The average Bonchev–Trinajstić information content (AvgIpc) is 2.73. The van der Waals surface area contributed by atoms with E-state index in [1.807, 2.05) is 0 Å². The zero-order chi connectivity index (χ0) is 23.4. The van der Waals surface area contributed by atoms with Gasteiger partial charge in [-0.3, -0.25) is 19.8 Å². The van der Waals surface area contributed by atoms with Gasteiger partial charge in [0.05, 0.1) is 18.3 Å². The van der Waals surface area contributed by atoms with Gasteiger partial charge in [-0.05, 0) is 68.0 Å². The van der Waals surface area contributed by atoms with E-state index in [2.05, 4.69) is 21.2 Å². The van der Waals surface area contributed by atoms with Crippen molar-refractivity contribution in [3.05, 3.63) is 58.1 Å². The number of nitrogens with one attached hydrogen (secondary N) is 1. The van der Waals surface area contributed by atoms with Crippen molar-refractivity contribution >= 4 is 62.8 Å². The van der Waals surface area contributed by atoms with Crippen molar-refractivity contribution in [3.63, 3.8) is 0 Å². The molecule has 0 radical (unpaired) electrons. The van der Waals surface area contributed by atoms with Gasteiger partial charge in [-0.25, -0.2) is 0 Å². The van der Waals surface area contributed by atoms with Crippen LogP contribution in [0.15, 0.2) is 52.5 Å². The largest absolute Gasteiger partial charge is 0.546 e. The third kappa shape index (κ3) is 5.14. The van der Waals surface area contributed by atoms with E-state index in [0.29, 0.717) is 17.9 Å². The number of hydrogen-bond donors (Lipinski definition) is 1. The Bertz CT molecular complexity index is 1130. The van der Waals surface area contributed by atoms with Crippen molar-refractivity contribution in [2.45, 2.75) is 20.0 Å². The molecule has 166 valence electrons. The lowest BCUT2D eigenvalue weighted by molar-refractivity contribution is -0.312. The van der Waals surface area contributed by atoms with Gasteiger partial charge in [-0.1, -0.05) is 28.1 Å². The highest BCUT2D eigenvalue weighted by atomic mass is 79.9. The van der Waals surface area contributed by atoms with Gasteiger partial charge in [-0.15, -0.1) is 0 Å². The Labute approximate surface area is 197 Å². The topological polar surface area (TPSA) is 108 Å². The number of carbonyl (C=O) groups excluding carboxylic acids is 3. The SMILES string of the molecule is CCOc1cc(/C=C2/C(=O)NC(=S)N(c3cccc(Br)c3)C2=O)ccc1O[C@@H](C)C(=O)[O-]. The van der Waals surface area contributed by atoms with Gasteiger partial charge in [0.25, 0.3) is 11.8 Å². The first-order valence-electron chi connectivity index (χ1n) is 9.52. The van der Waals surface area contributed by atoms with Crippen molar-refractivity contribution < 1.29 is 29.0 Å². The number of nitrogens with zero attached hydrogens (tertiary/aromatic N) is 1. The van der Waals surface area contributed by atoms with E-state index in [1.165, 1.54) is 24.0 Å². The summed E-state index contributed by atoms with van der Waals surface area (Å²) in [5, 5.41) is 13.5. The molecule has 1 saturated heterocycles. The Morgan fingerprint density at radius 1 is 1.25 bits per heavy atom. The predicted octanol–water partition coefficient (Wildman–Crippen LogP) is 2.20. The summed E-state index contributed by atoms with van der Waals surface area (Å²) >= 11 is 8.55. The van der Waals surface area contributed by atoms with Crippen molar-refractivity contribution in [2.75, 3.05) is 11.5 Å². The number of anilines is 1. The van der Waals surface area contributed by atoms with Crippen LogP contribution in [0.3, 0.4) is 0 Å². The number of hydrogen-bond acceptors (Lipinski definition) is 7. The quantitative estimate of drug-likeness (QED) is 0.340. The molecule has 2 amide bonds. The second-order valence-electron chi connectivity index (χ2n) is 6.66. The van der Waals surface area contributed by atoms with Gasteiger partial charge >= 0.3 is 0 Å². The zero-order valence-corrected chi connectivity index (χ0v) is 19.5. The first kappa shape index (κ1) is 23.4. The normalized spacial score (nSPS) is 16.0. The van der Waals surface area contributed by atoms with Gasteiger partial charge in [-0.2, -0.15) is 0 Å². The molecule has 32 heavy (non-hydrogen) atoms. The molecule has 2 aromatic rings. The highest BCUT2D eigenvalue weighted by molar-refractivity contribution is 9.10. The van der Waals surface area contributed by atoms with Crippen molar-refractivity contribution in [2.24, 2.45) is 0 Å². The average molecular weight is 518 g/mol. The smallest absolute Gasteiger partial charge is 0.270 e. The molecular formula is C22H18BrN2O6S-. The number of benzene rings is 2. The molecule has 0 aromatic heterocycles. The number of carbonyl (C=O) groups is 3. The minimum atomic E-state index is -1.37. The molecule has 1 aliphatic rings. The molecule has 0 aliphatic carbocycles. The van der Waals surface area contributed by atoms with Crippen LogP contribution < -0.4 is 24.8 Å². The molecule has 1 atom stereocenters. The maximum absolute atomic E-state index is 13.1. The van der Waals surface area contributed by atoms with Crippen LogP contribution in [-0.2, 0) is 14.4 Å². The predicted molar refractivity (Wildman–Crippen MR) is 123 cm³/mol. The highest BCUT2D eigenvalue weighted by Crippen LogP contribution is 2.31. The molecule has 0 spiro atoms. The van der Waals surface area contributed by atoms with Crippen molar-refractivity contribution in [1.29, 1.82) is 0 Å². The van der Waals surface area contributed by atoms with E-state index >= 15 is 0 Å². The fourth-order valence-corrected chi connectivity index (χ4v) is 3.56. The fourth-order valence-electron chi connectivity index (χ4n) is 2.89. The molecule has 0 bridgehead atoms. The summed E-state index contributed by atoms with van der Waals surface area (Å²) in [5.41, 5.74) is 0.843. The Hall–Kier alpha value is -3.24. The number of ether oxygens (including phenoxy) is 2. The summed E-state index contributed by atoms with van der Waals surface area (Å²) in [7, 11) is 0. The Morgan fingerprint density at radius 2 is 2.00 bits per heavy atom. The van der Waals surface area contributed by atoms with Crippen LogP contribution in [0, 0.1) is 0 Å². The zero-order valence-electron chi connectivity index (χ0n) is 17.1. The first-order valence-corrected chi connectivity index (χ1v) is 10.7. The summed E-state index contributed by atoms with van der Waals surface area (Å²) in [5.74, 6) is -2.12. The van der Waals surface area contributed by atoms with E-state index in [9.17, 15) is 19.5 Å². The van der Waals surface area contributed by atoms with Crippen LogP contribution in [0.1, 0.15) is 19.4 Å². The molecule has 8 nitrogen and oxygen atoms in total. The number of rotatable bonds is 7. The highest BCUT2D eigenvalue weighted by Gasteiger charge is 2.34. The molecule has 1 heterocycles. The molecule has 1 aliphatic heterocycles. The Morgan fingerprint density at radius 3 is 2.66 bits per heavy atom. The van der Waals surface area contributed by atoms with Crippen LogP contribution in [0.2, 0.25) is 0 Å². The molecular weight excluding hydrogens is 500 g/mol. The fraction of sp³-hybridized carbons (Fsp3) is 0.182. The van der Waals surface area contributed by atoms with E-state index in [0.717, 1.165) is 4.47 Å². The summed E-state index contributed by atoms with van der Waals surface area (Å²) < 4.78 is 11.6. The lowest BCUT2D eigenvalue weighted by atomic mass is 10.1. The van der Waals surface area contributed by atoms with Crippen LogP contribution in [0.25, 0.3) is 6.08 Å². The molecule has 10 heteroatoms. The monoisotopic (exact) mass is 517 g/mol. The van der Waals surface area contributed by atoms with E-state index in [1.54, 1.807) is 43.3 Å². The number of carboxylic acids is 1. The van der Waals surface area contributed by atoms with Crippen LogP contribution in [0.4, 0.5) is 5.69 Å². The Kier molecular flexibility index (Phi) is 7.26. The van der Waals surface area contributed by atoms with Gasteiger partial charge in [0.1, 0.15) is 11.7 Å². The van der Waals surface area contributed by atoms with Crippen molar-refractivity contribution in [3.8, 4) is 11.5 Å². The maximum Gasteiger partial charge on any atom is 0.270 e. The lowest BCUT2D eigenvalue weighted by Gasteiger charge is -2.29. The maximum atomic E-state index is 13.1. The number of aliphatic carboxylic acids is 1. The minimum Gasteiger partial charge on any atom is -0.546 e. The lowest BCUT2D eigenvalue weighted by Crippen LogP contribution is -2.54. The minimum absolute atomic E-state index is 0.0229. The van der Waals surface area contributed by atoms with Gasteiger partial charge in [0, 0.05) is 4.47 Å². The van der Waals surface area contributed by atoms with Gasteiger partial charge < -0.3 is 19.4 Å². The number of halogens is 1. The van der Waals surface area contributed by atoms with Crippen LogP contribution in [0.5, 0.6) is 11.5 Å². The first-order chi connectivity index (χ1) is 15.2. The van der Waals surface area contributed by atoms with E-state index in [4.69, 9.17) is 21.7 Å². The molecule has 0 saturated carbocycles. The summed E-state index contributed by atoms with van der Waals surface area (Å²) in [4.78, 5) is 37.9. The van der Waals surface area contributed by atoms with Crippen LogP contribution >= 0.6 is 28.1 Å². The third-order valence-electron chi connectivity index (χ3n) is 4.38. The third-order valence-corrected chi connectivity index (χ3v) is 5.16. The molecule has 2 aromatic carbocycles. The Balaban J connectivity index is 1.97. The second kappa shape index (κ2) is 9.92. The molecule has 0 unspecified atom stereocenters. The van der Waals surface area contributed by atoms with Crippen molar-refractivity contribution in [1.82, 2.24) is 5.32 Å². The summed E-state index contributed by atoms with van der Waals surface area (Å²) in [6, 6.07) is 11.6. The van der Waals surface area contributed by atoms with Gasteiger partial charge in [0.15, 0.2) is 16.6 Å².